The Kier molecular flexibility index (Phi) is 5.52. The summed E-state index contributed by atoms with van der Waals surface area (Å²) in [5.74, 6) is -1.62. The molecule has 0 saturated carbocycles. The largest absolute Gasteiger partial charge is 0.299 e. The van der Waals surface area contributed by atoms with Crippen LogP contribution in [0, 0.1) is 17.6 Å². The molecular formula is C15H22F2N2O2S. The number of piperidine rings is 1. The van der Waals surface area contributed by atoms with Crippen LogP contribution in [0.25, 0.3) is 0 Å². The molecule has 124 valence electrons. The molecule has 4 nitrogen and oxygen atoms in total. The predicted octanol–water partition coefficient (Wildman–Crippen LogP) is 2.36. The van der Waals surface area contributed by atoms with Crippen molar-refractivity contribution in [1.82, 2.24) is 9.62 Å². The minimum Gasteiger partial charge on any atom is -0.299 e. The van der Waals surface area contributed by atoms with E-state index in [-0.39, 0.29) is 17.5 Å². The highest BCUT2D eigenvalue weighted by Crippen LogP contribution is 2.18. The zero-order valence-corrected chi connectivity index (χ0v) is 13.7. The fourth-order valence-corrected chi connectivity index (χ4v) is 3.85. The third-order valence-corrected chi connectivity index (χ3v) is 5.50. The number of nitrogens with one attached hydrogen (secondary N) is 1. The molecule has 2 rings (SSSR count). The van der Waals surface area contributed by atoms with Crippen LogP contribution in [0.4, 0.5) is 8.78 Å². The van der Waals surface area contributed by atoms with E-state index < -0.39 is 21.7 Å². The lowest BCUT2D eigenvalue weighted by Gasteiger charge is -2.35. The molecule has 1 aliphatic rings. The van der Waals surface area contributed by atoms with Gasteiger partial charge in [0.05, 0.1) is 4.90 Å². The first kappa shape index (κ1) is 17.3. The van der Waals surface area contributed by atoms with Crippen LogP contribution in [0.3, 0.4) is 0 Å². The summed E-state index contributed by atoms with van der Waals surface area (Å²) >= 11 is 0. The number of hydrogen-bond acceptors (Lipinski definition) is 3. The number of halogens is 2. The SMILES string of the molecule is C[C@@H]1CCCN([C@H](C)CNS(=O)(=O)c2ccc(F)c(F)c2)C1. The number of rotatable bonds is 5. The molecule has 1 heterocycles. The quantitative estimate of drug-likeness (QED) is 0.900. The standard InChI is InChI=1S/C15H22F2N2O2S/c1-11-4-3-7-19(10-11)12(2)9-18-22(20,21)13-5-6-14(16)15(17)8-13/h5-6,8,11-12,18H,3-4,7,9-10H2,1-2H3/t11-,12-/m1/s1. The van der Waals surface area contributed by atoms with Gasteiger partial charge in [0.2, 0.25) is 10.0 Å². The average Bonchev–Trinajstić information content (AvgIpc) is 2.47. The summed E-state index contributed by atoms with van der Waals surface area (Å²) < 4.78 is 52.8. The lowest BCUT2D eigenvalue weighted by molar-refractivity contribution is 0.140. The van der Waals surface area contributed by atoms with Crippen LogP contribution in [-0.4, -0.2) is 39.0 Å². The van der Waals surface area contributed by atoms with Gasteiger partial charge in [-0.1, -0.05) is 6.92 Å². The van der Waals surface area contributed by atoms with Gasteiger partial charge in [0.15, 0.2) is 11.6 Å². The molecule has 0 bridgehead atoms. The van der Waals surface area contributed by atoms with Crippen LogP contribution in [0.1, 0.15) is 26.7 Å². The molecule has 1 aromatic carbocycles. The molecule has 1 aromatic rings. The first-order valence-electron chi connectivity index (χ1n) is 7.48. The van der Waals surface area contributed by atoms with Gasteiger partial charge in [0.25, 0.3) is 0 Å². The third kappa shape index (κ3) is 4.24. The normalized spacial score (nSPS) is 21.7. The van der Waals surface area contributed by atoms with Gasteiger partial charge in [-0.2, -0.15) is 0 Å². The fraction of sp³-hybridized carbons (Fsp3) is 0.600. The lowest BCUT2D eigenvalue weighted by Crippen LogP contribution is -2.46. The molecule has 1 saturated heterocycles. The van der Waals surface area contributed by atoms with E-state index in [9.17, 15) is 17.2 Å². The van der Waals surface area contributed by atoms with Gasteiger partial charge in [0, 0.05) is 19.1 Å². The molecule has 0 aliphatic carbocycles. The molecule has 22 heavy (non-hydrogen) atoms. The van der Waals surface area contributed by atoms with Crippen molar-refractivity contribution in [2.24, 2.45) is 5.92 Å². The van der Waals surface area contributed by atoms with Gasteiger partial charge in [-0.3, -0.25) is 4.90 Å². The summed E-state index contributed by atoms with van der Waals surface area (Å²) in [6.07, 6.45) is 2.31. The first-order chi connectivity index (χ1) is 10.3. The Morgan fingerprint density at radius 2 is 2.09 bits per heavy atom. The number of sulfonamides is 1. The third-order valence-electron chi connectivity index (χ3n) is 4.08. The van der Waals surface area contributed by atoms with E-state index in [0.717, 1.165) is 31.6 Å². The molecule has 0 aromatic heterocycles. The maximum absolute atomic E-state index is 13.2. The van der Waals surface area contributed by atoms with Gasteiger partial charge in [0.1, 0.15) is 0 Å². The first-order valence-corrected chi connectivity index (χ1v) is 8.96. The molecular weight excluding hydrogens is 310 g/mol. The van der Waals surface area contributed by atoms with Crippen molar-refractivity contribution in [2.45, 2.75) is 37.6 Å². The maximum Gasteiger partial charge on any atom is 0.240 e. The minimum absolute atomic E-state index is 0.0582. The highest BCUT2D eigenvalue weighted by atomic mass is 32.2. The molecule has 0 unspecified atom stereocenters. The summed E-state index contributed by atoms with van der Waals surface area (Å²) in [7, 11) is -3.83. The van der Waals surface area contributed by atoms with Crippen molar-refractivity contribution in [1.29, 1.82) is 0 Å². The monoisotopic (exact) mass is 332 g/mol. The topological polar surface area (TPSA) is 49.4 Å². The number of likely N-dealkylation sites (tertiary alicyclic amines) is 1. The van der Waals surface area contributed by atoms with E-state index in [0.29, 0.717) is 12.0 Å². The smallest absolute Gasteiger partial charge is 0.240 e. The molecule has 7 heteroatoms. The Bertz CT molecular complexity index is 622. The summed E-state index contributed by atoms with van der Waals surface area (Å²) in [5, 5.41) is 0. The van der Waals surface area contributed by atoms with Gasteiger partial charge >= 0.3 is 0 Å². The Labute approximate surface area is 130 Å². The lowest BCUT2D eigenvalue weighted by atomic mass is 9.99. The number of nitrogens with zero attached hydrogens (tertiary/aromatic N) is 1. The van der Waals surface area contributed by atoms with E-state index in [2.05, 4.69) is 16.5 Å². The highest BCUT2D eigenvalue weighted by molar-refractivity contribution is 7.89. The molecule has 1 fully saturated rings. The second-order valence-corrected chi connectivity index (χ2v) is 7.79. The van der Waals surface area contributed by atoms with Crippen LogP contribution in [0.5, 0.6) is 0 Å². The van der Waals surface area contributed by atoms with E-state index in [1.165, 1.54) is 6.42 Å². The average molecular weight is 332 g/mol. The predicted molar refractivity (Wildman–Crippen MR) is 81.0 cm³/mol. The van der Waals surface area contributed by atoms with Crippen molar-refractivity contribution in [2.75, 3.05) is 19.6 Å². The van der Waals surface area contributed by atoms with Crippen LogP contribution < -0.4 is 4.72 Å². The second kappa shape index (κ2) is 7.02. The van der Waals surface area contributed by atoms with E-state index in [1.54, 1.807) is 0 Å². The molecule has 1 N–H and O–H groups in total. The van der Waals surface area contributed by atoms with Crippen molar-refractivity contribution in [3.63, 3.8) is 0 Å². The van der Waals surface area contributed by atoms with Gasteiger partial charge in [-0.05, 0) is 50.4 Å². The summed E-state index contributed by atoms with van der Waals surface area (Å²) in [6, 6.07) is 2.64. The molecule has 1 aliphatic heterocycles. The zero-order chi connectivity index (χ0) is 16.3. The van der Waals surface area contributed by atoms with Crippen LogP contribution in [-0.2, 0) is 10.0 Å². The summed E-state index contributed by atoms with van der Waals surface area (Å²) in [5.41, 5.74) is 0. The highest BCUT2D eigenvalue weighted by Gasteiger charge is 2.23. The van der Waals surface area contributed by atoms with E-state index in [4.69, 9.17) is 0 Å². The Morgan fingerprint density at radius 1 is 1.36 bits per heavy atom. The Balaban J connectivity index is 1.98. The zero-order valence-electron chi connectivity index (χ0n) is 12.9. The van der Waals surface area contributed by atoms with Crippen molar-refractivity contribution in [3.8, 4) is 0 Å². The van der Waals surface area contributed by atoms with Crippen molar-refractivity contribution >= 4 is 10.0 Å². The molecule has 0 amide bonds. The summed E-state index contributed by atoms with van der Waals surface area (Å²) in [4.78, 5) is 1.99. The van der Waals surface area contributed by atoms with Crippen molar-refractivity contribution in [3.05, 3.63) is 29.8 Å². The van der Waals surface area contributed by atoms with Gasteiger partial charge in [-0.25, -0.2) is 21.9 Å². The minimum atomic E-state index is -3.83. The maximum atomic E-state index is 13.2. The molecule has 0 spiro atoms. The van der Waals surface area contributed by atoms with Gasteiger partial charge < -0.3 is 0 Å². The van der Waals surface area contributed by atoms with E-state index >= 15 is 0 Å². The van der Waals surface area contributed by atoms with Crippen LogP contribution in [0.2, 0.25) is 0 Å². The Hall–Kier alpha value is -1.05. The second-order valence-electron chi connectivity index (χ2n) is 6.02. The van der Waals surface area contributed by atoms with Crippen LogP contribution >= 0.6 is 0 Å². The van der Waals surface area contributed by atoms with Gasteiger partial charge in [-0.15, -0.1) is 0 Å². The van der Waals surface area contributed by atoms with Crippen LogP contribution in [0.15, 0.2) is 23.1 Å². The summed E-state index contributed by atoms with van der Waals surface area (Å²) in [6.45, 7) is 6.30. The van der Waals surface area contributed by atoms with E-state index in [1.807, 2.05) is 6.92 Å². The molecule has 0 radical (unpaired) electrons. The fourth-order valence-electron chi connectivity index (χ4n) is 2.71. The number of benzene rings is 1. The Morgan fingerprint density at radius 3 is 2.73 bits per heavy atom. The number of hydrogen-bond donors (Lipinski definition) is 1. The molecule has 2 atom stereocenters. The van der Waals surface area contributed by atoms with Crippen molar-refractivity contribution < 1.29 is 17.2 Å².